The van der Waals surface area contributed by atoms with Crippen molar-refractivity contribution >= 4 is 5.97 Å². The van der Waals surface area contributed by atoms with Crippen LogP contribution in [0.5, 0.6) is 0 Å². The van der Waals surface area contributed by atoms with E-state index in [0.29, 0.717) is 17.4 Å². The highest BCUT2D eigenvalue weighted by Crippen LogP contribution is 2.26. The number of hydrogen-bond acceptors (Lipinski definition) is 2. The summed E-state index contributed by atoms with van der Waals surface area (Å²) in [4.78, 5) is 10.9. The van der Waals surface area contributed by atoms with E-state index in [1.807, 2.05) is 24.3 Å². The number of carboxylic acids is 1. The molecule has 0 unspecified atom stereocenters. The van der Waals surface area contributed by atoms with Gasteiger partial charge in [-0.25, -0.2) is 4.79 Å². The second-order valence-corrected chi connectivity index (χ2v) is 4.66. The molecule has 0 aliphatic rings. The van der Waals surface area contributed by atoms with Gasteiger partial charge in [-0.05, 0) is 24.5 Å². The van der Waals surface area contributed by atoms with Crippen LogP contribution < -0.4 is 0 Å². The Bertz CT molecular complexity index is 562. The molecule has 2 aromatic rings. The number of carbonyl (C=O) groups is 1. The van der Waals surface area contributed by atoms with E-state index in [1.165, 1.54) is 5.56 Å². The Morgan fingerprint density at radius 2 is 1.83 bits per heavy atom. The maximum Gasteiger partial charge on any atom is 0.339 e. The highest BCUT2D eigenvalue weighted by Gasteiger charge is 2.14. The van der Waals surface area contributed by atoms with E-state index in [0.717, 1.165) is 5.56 Å². The quantitative estimate of drug-likeness (QED) is 0.885. The average Bonchev–Trinajstić information content (AvgIpc) is 2.71. The van der Waals surface area contributed by atoms with E-state index in [1.54, 1.807) is 13.0 Å². The first kappa shape index (κ1) is 12.4. The fourth-order valence-electron chi connectivity index (χ4n) is 1.87. The molecule has 3 heteroatoms. The van der Waals surface area contributed by atoms with Gasteiger partial charge in [-0.2, -0.15) is 0 Å². The third-order valence-electron chi connectivity index (χ3n) is 3.01. The van der Waals surface area contributed by atoms with Gasteiger partial charge in [-0.3, -0.25) is 0 Å². The molecule has 2 rings (SSSR count). The molecule has 0 bridgehead atoms. The maximum absolute atomic E-state index is 10.9. The topological polar surface area (TPSA) is 50.4 Å². The van der Waals surface area contributed by atoms with Crippen molar-refractivity contribution in [3.63, 3.8) is 0 Å². The van der Waals surface area contributed by atoms with Crippen LogP contribution in [0.4, 0.5) is 0 Å². The minimum atomic E-state index is -0.957. The van der Waals surface area contributed by atoms with E-state index >= 15 is 0 Å². The number of benzene rings is 1. The lowest BCUT2D eigenvalue weighted by molar-refractivity contribution is 0.0695. The molecule has 1 aromatic carbocycles. The van der Waals surface area contributed by atoms with Crippen molar-refractivity contribution in [1.82, 2.24) is 0 Å². The van der Waals surface area contributed by atoms with Crippen LogP contribution in [0.15, 0.2) is 34.7 Å². The summed E-state index contributed by atoms with van der Waals surface area (Å²) in [7, 11) is 0. The number of carboxylic acid groups (broad SMARTS) is 1. The minimum absolute atomic E-state index is 0.220. The summed E-state index contributed by atoms with van der Waals surface area (Å²) >= 11 is 0. The molecule has 0 aliphatic carbocycles. The minimum Gasteiger partial charge on any atom is -0.478 e. The number of aryl methyl sites for hydroxylation is 1. The Morgan fingerprint density at radius 1 is 1.22 bits per heavy atom. The first-order valence-corrected chi connectivity index (χ1v) is 5.93. The standard InChI is InChI=1S/C15H16O3/c1-9(2)11-4-6-12(7-5-11)14-8-13(15(16)17)10(3)18-14/h4-9H,1-3H3,(H,16,17). The summed E-state index contributed by atoms with van der Waals surface area (Å²) in [5, 5.41) is 8.98. The van der Waals surface area contributed by atoms with Gasteiger partial charge in [0.25, 0.3) is 0 Å². The van der Waals surface area contributed by atoms with E-state index in [-0.39, 0.29) is 5.56 Å². The lowest BCUT2D eigenvalue weighted by Gasteiger charge is -2.05. The molecule has 1 heterocycles. The first-order valence-electron chi connectivity index (χ1n) is 5.93. The second kappa shape index (κ2) is 4.69. The van der Waals surface area contributed by atoms with Crippen LogP contribution >= 0.6 is 0 Å². The molecule has 3 nitrogen and oxygen atoms in total. The highest BCUT2D eigenvalue weighted by molar-refractivity contribution is 5.90. The fraction of sp³-hybridized carbons (Fsp3) is 0.267. The van der Waals surface area contributed by atoms with Crippen molar-refractivity contribution in [2.75, 3.05) is 0 Å². The Kier molecular flexibility index (Phi) is 3.24. The molecule has 1 aromatic heterocycles. The second-order valence-electron chi connectivity index (χ2n) is 4.66. The molecule has 0 fully saturated rings. The zero-order chi connectivity index (χ0) is 13.3. The van der Waals surface area contributed by atoms with Crippen molar-refractivity contribution < 1.29 is 14.3 Å². The Morgan fingerprint density at radius 3 is 2.28 bits per heavy atom. The van der Waals surface area contributed by atoms with Gasteiger partial charge in [-0.15, -0.1) is 0 Å². The molecule has 0 radical (unpaired) electrons. The smallest absolute Gasteiger partial charge is 0.339 e. The highest BCUT2D eigenvalue weighted by atomic mass is 16.4. The monoisotopic (exact) mass is 244 g/mol. The first-order chi connectivity index (χ1) is 8.49. The molecular formula is C15H16O3. The Labute approximate surface area is 106 Å². The maximum atomic E-state index is 10.9. The summed E-state index contributed by atoms with van der Waals surface area (Å²) in [6.45, 7) is 5.93. The predicted octanol–water partition coefficient (Wildman–Crippen LogP) is 4.08. The van der Waals surface area contributed by atoms with Gasteiger partial charge in [0.1, 0.15) is 17.1 Å². The molecule has 18 heavy (non-hydrogen) atoms. The lowest BCUT2D eigenvalue weighted by Crippen LogP contribution is -1.94. The third-order valence-corrected chi connectivity index (χ3v) is 3.01. The summed E-state index contributed by atoms with van der Waals surface area (Å²) in [6, 6.07) is 9.57. The Hall–Kier alpha value is -2.03. The number of aromatic carboxylic acids is 1. The van der Waals surface area contributed by atoms with Crippen molar-refractivity contribution in [2.24, 2.45) is 0 Å². The number of rotatable bonds is 3. The van der Waals surface area contributed by atoms with Gasteiger partial charge in [0, 0.05) is 5.56 Å². The van der Waals surface area contributed by atoms with E-state index in [9.17, 15) is 4.79 Å². The normalized spacial score (nSPS) is 10.9. The van der Waals surface area contributed by atoms with Crippen molar-refractivity contribution in [3.05, 3.63) is 47.2 Å². The van der Waals surface area contributed by atoms with Crippen molar-refractivity contribution in [3.8, 4) is 11.3 Å². The zero-order valence-electron chi connectivity index (χ0n) is 10.7. The number of furan rings is 1. The molecule has 94 valence electrons. The predicted molar refractivity (Wildman–Crippen MR) is 69.9 cm³/mol. The van der Waals surface area contributed by atoms with Crippen LogP contribution in [-0.4, -0.2) is 11.1 Å². The lowest BCUT2D eigenvalue weighted by atomic mass is 10.0. The Balaban J connectivity index is 2.37. The molecule has 0 saturated carbocycles. The van der Waals surface area contributed by atoms with Crippen LogP contribution in [0.1, 0.15) is 41.4 Å². The van der Waals surface area contributed by atoms with Gasteiger partial charge in [-0.1, -0.05) is 38.1 Å². The van der Waals surface area contributed by atoms with Crippen molar-refractivity contribution in [1.29, 1.82) is 0 Å². The molecule has 0 atom stereocenters. The number of hydrogen-bond donors (Lipinski definition) is 1. The summed E-state index contributed by atoms with van der Waals surface area (Å²) < 4.78 is 5.48. The molecule has 1 N–H and O–H groups in total. The van der Waals surface area contributed by atoms with Crippen LogP contribution in [0, 0.1) is 6.92 Å². The van der Waals surface area contributed by atoms with Crippen LogP contribution in [-0.2, 0) is 0 Å². The SMILES string of the molecule is Cc1oc(-c2ccc(C(C)C)cc2)cc1C(=O)O. The van der Waals surface area contributed by atoms with E-state index in [4.69, 9.17) is 9.52 Å². The van der Waals surface area contributed by atoms with Crippen LogP contribution in [0.25, 0.3) is 11.3 Å². The van der Waals surface area contributed by atoms with Gasteiger partial charge >= 0.3 is 5.97 Å². The summed E-state index contributed by atoms with van der Waals surface area (Å²) in [5.41, 5.74) is 2.37. The summed E-state index contributed by atoms with van der Waals surface area (Å²) in [5.74, 6) is 0.555. The molecule has 0 saturated heterocycles. The molecular weight excluding hydrogens is 228 g/mol. The van der Waals surface area contributed by atoms with Gasteiger partial charge in [0.2, 0.25) is 0 Å². The zero-order valence-corrected chi connectivity index (χ0v) is 10.7. The molecule has 0 aliphatic heterocycles. The van der Waals surface area contributed by atoms with E-state index < -0.39 is 5.97 Å². The third kappa shape index (κ3) is 2.30. The average molecular weight is 244 g/mol. The largest absolute Gasteiger partial charge is 0.478 e. The van der Waals surface area contributed by atoms with Crippen molar-refractivity contribution in [2.45, 2.75) is 26.7 Å². The van der Waals surface area contributed by atoms with E-state index in [2.05, 4.69) is 13.8 Å². The van der Waals surface area contributed by atoms with Gasteiger partial charge in [0.05, 0.1) is 0 Å². The van der Waals surface area contributed by atoms with Crippen LogP contribution in [0.2, 0.25) is 0 Å². The van der Waals surface area contributed by atoms with Gasteiger partial charge < -0.3 is 9.52 Å². The fourth-order valence-corrected chi connectivity index (χ4v) is 1.87. The molecule has 0 amide bonds. The summed E-state index contributed by atoms with van der Waals surface area (Å²) in [6.07, 6.45) is 0. The van der Waals surface area contributed by atoms with Gasteiger partial charge in [0.15, 0.2) is 0 Å². The van der Waals surface area contributed by atoms with Crippen LogP contribution in [0.3, 0.4) is 0 Å². The molecule has 0 spiro atoms.